The third-order valence-corrected chi connectivity index (χ3v) is 6.86. The van der Waals surface area contributed by atoms with Gasteiger partial charge in [0.1, 0.15) is 22.9 Å². The molecule has 0 fully saturated rings. The van der Waals surface area contributed by atoms with Crippen molar-refractivity contribution in [3.8, 4) is 39.6 Å². The lowest BCUT2D eigenvalue weighted by atomic mass is 10.1. The quantitative estimate of drug-likeness (QED) is 0.195. The topological polar surface area (TPSA) is 74.1 Å². The molecule has 0 saturated carbocycles. The smallest absolute Gasteiger partial charge is 0.224 e. The number of benzene rings is 3. The Bertz CT molecular complexity index is 1660. The molecule has 0 spiro atoms. The summed E-state index contributed by atoms with van der Waals surface area (Å²) in [5, 5.41) is 3.37. The van der Waals surface area contributed by atoms with Crippen molar-refractivity contribution in [2.24, 2.45) is 0 Å². The van der Waals surface area contributed by atoms with E-state index >= 15 is 0 Å². The number of anilines is 1. The van der Waals surface area contributed by atoms with Gasteiger partial charge in [0.15, 0.2) is 0 Å². The van der Waals surface area contributed by atoms with Crippen LogP contribution in [0.15, 0.2) is 85.1 Å². The van der Waals surface area contributed by atoms with Crippen molar-refractivity contribution in [3.05, 3.63) is 95.8 Å². The van der Waals surface area contributed by atoms with Crippen molar-refractivity contribution >= 4 is 28.8 Å². The van der Waals surface area contributed by atoms with Crippen LogP contribution in [-0.4, -0.2) is 36.1 Å². The Morgan fingerprint density at radius 2 is 1.68 bits per heavy atom. The fourth-order valence-corrected chi connectivity index (χ4v) is 4.89. The maximum atomic E-state index is 13.0. The van der Waals surface area contributed by atoms with Gasteiger partial charge in [-0.3, -0.25) is 4.79 Å². The molecular formula is C32H30ClN3O4. The van der Waals surface area contributed by atoms with E-state index in [2.05, 4.69) is 22.0 Å². The summed E-state index contributed by atoms with van der Waals surface area (Å²) >= 11 is 6.24. The van der Waals surface area contributed by atoms with Crippen molar-refractivity contribution in [1.29, 1.82) is 0 Å². The van der Waals surface area contributed by atoms with Crippen LogP contribution in [0.2, 0.25) is 5.02 Å². The lowest BCUT2D eigenvalue weighted by Crippen LogP contribution is -2.13. The van der Waals surface area contributed by atoms with Gasteiger partial charge in [-0.2, -0.15) is 0 Å². The maximum absolute atomic E-state index is 13.0. The van der Waals surface area contributed by atoms with Gasteiger partial charge in [0.05, 0.1) is 37.2 Å². The highest BCUT2D eigenvalue weighted by Crippen LogP contribution is 2.31. The van der Waals surface area contributed by atoms with Gasteiger partial charge in [-0.25, -0.2) is 4.98 Å². The van der Waals surface area contributed by atoms with Crippen molar-refractivity contribution in [2.75, 3.05) is 26.1 Å². The average molecular weight is 556 g/mol. The molecule has 2 aromatic heterocycles. The minimum Gasteiger partial charge on any atom is -0.497 e. The van der Waals surface area contributed by atoms with Crippen LogP contribution in [-0.2, 0) is 11.2 Å². The number of rotatable bonds is 10. The highest BCUT2D eigenvalue weighted by atomic mass is 35.5. The molecule has 1 N–H and O–H groups in total. The first kappa shape index (κ1) is 27.1. The van der Waals surface area contributed by atoms with E-state index in [4.69, 9.17) is 30.8 Å². The number of fused-ring (bicyclic) bond motifs is 1. The molecule has 204 valence electrons. The van der Waals surface area contributed by atoms with Gasteiger partial charge < -0.3 is 23.9 Å². The van der Waals surface area contributed by atoms with E-state index in [1.54, 1.807) is 32.4 Å². The lowest BCUT2D eigenvalue weighted by Gasteiger charge is -2.10. The number of methoxy groups -OCH3 is 2. The number of nitrogens with one attached hydrogen (secondary N) is 1. The summed E-state index contributed by atoms with van der Waals surface area (Å²) in [6, 6.07) is 25.0. The maximum Gasteiger partial charge on any atom is 0.224 e. The molecule has 0 aliphatic carbocycles. The number of carbonyl (C=O) groups excluding carboxylic acids is 1. The molecule has 2 heterocycles. The van der Waals surface area contributed by atoms with Crippen LogP contribution in [0.1, 0.15) is 19.0 Å². The van der Waals surface area contributed by atoms with Crippen molar-refractivity contribution < 1.29 is 19.0 Å². The molecule has 0 aliphatic rings. The predicted molar refractivity (Wildman–Crippen MR) is 159 cm³/mol. The van der Waals surface area contributed by atoms with Gasteiger partial charge in [0.2, 0.25) is 5.91 Å². The first-order valence-corrected chi connectivity index (χ1v) is 13.4. The van der Waals surface area contributed by atoms with E-state index in [0.29, 0.717) is 29.5 Å². The van der Waals surface area contributed by atoms with E-state index in [1.807, 2.05) is 61.5 Å². The molecule has 7 nitrogen and oxygen atoms in total. The van der Waals surface area contributed by atoms with Crippen LogP contribution in [0.25, 0.3) is 28.0 Å². The zero-order chi connectivity index (χ0) is 28.1. The number of ether oxygens (including phenoxy) is 3. The number of hydrogen-bond donors (Lipinski definition) is 1. The summed E-state index contributed by atoms with van der Waals surface area (Å²) in [5.74, 6) is 1.98. The second-order valence-electron chi connectivity index (χ2n) is 9.14. The first-order chi connectivity index (χ1) is 19.5. The lowest BCUT2D eigenvalue weighted by molar-refractivity contribution is -0.116. The van der Waals surface area contributed by atoms with Crippen molar-refractivity contribution in [1.82, 2.24) is 9.38 Å². The van der Waals surface area contributed by atoms with Gasteiger partial charge in [-0.05, 0) is 79.1 Å². The Morgan fingerprint density at radius 1 is 0.900 bits per heavy atom. The second-order valence-corrected chi connectivity index (χ2v) is 9.55. The zero-order valence-corrected chi connectivity index (χ0v) is 23.4. The first-order valence-electron chi connectivity index (χ1n) is 13.0. The molecule has 5 rings (SSSR count). The fourth-order valence-electron chi connectivity index (χ4n) is 4.64. The number of aromatic nitrogens is 2. The number of aryl methyl sites for hydroxylation is 1. The SMILES string of the molecule is CCOc1cccc(-c2ccc3nc(-c4cccc(OC)c4)c(CCC(=O)Nc4ccc(OC)c(Cl)c4)n3c2)c1. The number of imidazole rings is 1. The number of carbonyl (C=O) groups is 1. The molecule has 0 atom stereocenters. The van der Waals surface area contributed by atoms with Gasteiger partial charge in [-0.15, -0.1) is 0 Å². The number of pyridine rings is 1. The number of nitrogens with zero attached hydrogens (tertiary/aromatic N) is 2. The standard InChI is InChI=1S/C32H30ClN3O4/c1-4-40-26-10-5-7-21(17-26)23-11-15-30-35-32(22-8-6-9-25(18-22)38-2)28(36(30)20-23)13-16-31(37)34-24-12-14-29(39-3)27(33)19-24/h5-12,14-15,17-20H,4,13,16H2,1-3H3,(H,34,37). The van der Waals surface area contributed by atoms with Crippen LogP contribution < -0.4 is 19.5 Å². The summed E-state index contributed by atoms with van der Waals surface area (Å²) in [6.45, 7) is 2.57. The molecule has 8 heteroatoms. The molecule has 0 saturated heterocycles. The Morgan fingerprint density at radius 3 is 2.42 bits per heavy atom. The van der Waals surface area contributed by atoms with E-state index in [1.165, 1.54) is 0 Å². The van der Waals surface area contributed by atoms with Crippen LogP contribution in [0.5, 0.6) is 17.2 Å². The molecule has 1 amide bonds. The van der Waals surface area contributed by atoms with Gasteiger partial charge >= 0.3 is 0 Å². The number of hydrogen-bond acceptors (Lipinski definition) is 5. The summed E-state index contributed by atoms with van der Waals surface area (Å²) in [5.41, 5.74) is 6.10. The van der Waals surface area contributed by atoms with Crippen molar-refractivity contribution in [2.45, 2.75) is 19.8 Å². The minimum atomic E-state index is -0.131. The van der Waals surface area contributed by atoms with Crippen LogP contribution in [0.4, 0.5) is 5.69 Å². The molecule has 3 aromatic carbocycles. The highest BCUT2D eigenvalue weighted by molar-refractivity contribution is 6.32. The minimum absolute atomic E-state index is 0.131. The Balaban J connectivity index is 1.49. The van der Waals surface area contributed by atoms with Gasteiger partial charge in [0, 0.05) is 23.9 Å². The fraction of sp³-hybridized carbons (Fsp3) is 0.188. The summed E-state index contributed by atoms with van der Waals surface area (Å²) in [6.07, 6.45) is 2.78. The predicted octanol–water partition coefficient (Wildman–Crippen LogP) is 7.31. The monoisotopic (exact) mass is 555 g/mol. The van der Waals surface area contributed by atoms with Crippen LogP contribution >= 0.6 is 11.6 Å². The third-order valence-electron chi connectivity index (χ3n) is 6.56. The Kier molecular flexibility index (Phi) is 8.22. The van der Waals surface area contributed by atoms with E-state index in [0.717, 1.165) is 45.2 Å². The molecular weight excluding hydrogens is 526 g/mol. The van der Waals surface area contributed by atoms with Crippen LogP contribution in [0.3, 0.4) is 0 Å². The largest absolute Gasteiger partial charge is 0.497 e. The molecule has 0 unspecified atom stereocenters. The molecule has 0 aliphatic heterocycles. The molecule has 0 radical (unpaired) electrons. The second kappa shape index (κ2) is 12.1. The average Bonchev–Trinajstić information content (AvgIpc) is 3.34. The van der Waals surface area contributed by atoms with Gasteiger partial charge in [0.25, 0.3) is 0 Å². The van der Waals surface area contributed by atoms with Gasteiger partial charge in [-0.1, -0.05) is 35.9 Å². The van der Waals surface area contributed by atoms with E-state index in [9.17, 15) is 4.79 Å². The van der Waals surface area contributed by atoms with Crippen molar-refractivity contribution in [3.63, 3.8) is 0 Å². The normalized spacial score (nSPS) is 10.9. The van der Waals surface area contributed by atoms with E-state index in [-0.39, 0.29) is 12.3 Å². The molecule has 5 aromatic rings. The summed E-state index contributed by atoms with van der Waals surface area (Å²) in [7, 11) is 3.19. The third kappa shape index (κ3) is 5.90. The molecule has 40 heavy (non-hydrogen) atoms. The number of halogens is 1. The molecule has 0 bridgehead atoms. The number of amides is 1. The Hall–Kier alpha value is -4.49. The Labute approximate surface area is 238 Å². The summed E-state index contributed by atoms with van der Waals surface area (Å²) < 4.78 is 18.4. The van der Waals surface area contributed by atoms with Crippen LogP contribution in [0, 0.1) is 0 Å². The van der Waals surface area contributed by atoms with E-state index < -0.39 is 0 Å². The highest BCUT2D eigenvalue weighted by Gasteiger charge is 2.17. The zero-order valence-electron chi connectivity index (χ0n) is 22.6. The summed E-state index contributed by atoms with van der Waals surface area (Å²) in [4.78, 5) is 17.9.